The Bertz CT molecular complexity index is 681. The van der Waals surface area contributed by atoms with Gasteiger partial charge in [0.25, 0.3) is 0 Å². The quantitative estimate of drug-likeness (QED) is 0.398. The van der Waals surface area contributed by atoms with Gasteiger partial charge in [0.05, 0.1) is 17.8 Å². The summed E-state index contributed by atoms with van der Waals surface area (Å²) in [4.78, 5) is 27.3. The first-order valence-corrected chi connectivity index (χ1v) is 13.0. The number of rotatable bonds is 9. The molecule has 0 aromatic heterocycles. The molecule has 0 bridgehead atoms. The number of hydrogen-bond donors (Lipinski definition) is 2. The lowest BCUT2D eigenvalue weighted by Gasteiger charge is -2.54. The van der Waals surface area contributed by atoms with Crippen LogP contribution in [-0.2, 0) is 23.8 Å². The molecule has 0 aromatic rings. The monoisotopic (exact) mass is 465 g/mol. The summed E-state index contributed by atoms with van der Waals surface area (Å²) in [6.45, 7) is 11.2. The third-order valence-corrected chi connectivity index (χ3v) is 7.97. The molecule has 0 radical (unpaired) electrons. The summed E-state index contributed by atoms with van der Waals surface area (Å²) in [5.41, 5.74) is -0.178. The van der Waals surface area contributed by atoms with Crippen molar-refractivity contribution in [1.82, 2.24) is 15.5 Å². The van der Waals surface area contributed by atoms with Crippen molar-refractivity contribution in [3.8, 4) is 0 Å². The lowest BCUT2D eigenvalue weighted by atomic mass is 9.64. The molecule has 4 fully saturated rings. The minimum atomic E-state index is -0.178. The molecule has 3 aliphatic heterocycles. The molecule has 0 aromatic carbocycles. The van der Waals surface area contributed by atoms with Gasteiger partial charge in [-0.2, -0.15) is 0 Å². The summed E-state index contributed by atoms with van der Waals surface area (Å²) in [5.74, 6) is 0.451. The Hall–Kier alpha value is -1.22. The summed E-state index contributed by atoms with van der Waals surface area (Å²) in [6.07, 6.45) is 5.85. The summed E-state index contributed by atoms with van der Waals surface area (Å²) >= 11 is 0. The van der Waals surface area contributed by atoms with Crippen LogP contribution in [0.1, 0.15) is 65.7 Å². The van der Waals surface area contributed by atoms with Gasteiger partial charge in [-0.3, -0.25) is 14.5 Å². The number of amides is 1. The van der Waals surface area contributed by atoms with Crippen molar-refractivity contribution in [2.45, 2.75) is 89.6 Å². The van der Waals surface area contributed by atoms with Gasteiger partial charge in [0, 0.05) is 57.5 Å². The molecule has 2 N–H and O–H groups in total. The van der Waals surface area contributed by atoms with Gasteiger partial charge in [-0.25, -0.2) is 0 Å². The van der Waals surface area contributed by atoms with Crippen LogP contribution in [-0.4, -0.2) is 80.1 Å². The number of carbonyl (C=O) groups is 2. The van der Waals surface area contributed by atoms with E-state index in [1.807, 2.05) is 0 Å². The molecule has 6 unspecified atom stereocenters. The van der Waals surface area contributed by atoms with Gasteiger partial charge >= 0.3 is 5.97 Å². The van der Waals surface area contributed by atoms with Crippen LogP contribution in [0.15, 0.2) is 0 Å². The van der Waals surface area contributed by atoms with Crippen molar-refractivity contribution in [1.29, 1.82) is 0 Å². The Labute approximate surface area is 198 Å². The molecule has 8 nitrogen and oxygen atoms in total. The predicted molar refractivity (Wildman–Crippen MR) is 124 cm³/mol. The zero-order valence-corrected chi connectivity index (χ0v) is 20.6. The lowest BCUT2D eigenvalue weighted by Crippen LogP contribution is -2.60. The van der Waals surface area contributed by atoms with Gasteiger partial charge in [-0.1, -0.05) is 13.3 Å². The third kappa shape index (κ3) is 6.27. The number of nitrogens with zero attached hydrogens (tertiary/aromatic N) is 1. The van der Waals surface area contributed by atoms with E-state index >= 15 is 0 Å². The maximum atomic E-state index is 12.5. The van der Waals surface area contributed by atoms with E-state index in [0.29, 0.717) is 13.0 Å². The molecule has 4 aliphatic rings. The molecular formula is C25H43N3O5. The third-order valence-electron chi connectivity index (χ3n) is 7.97. The molecule has 6 atom stereocenters. The maximum absolute atomic E-state index is 12.5. The number of esters is 1. The second-order valence-electron chi connectivity index (χ2n) is 11.0. The van der Waals surface area contributed by atoms with E-state index in [4.69, 9.17) is 14.2 Å². The minimum absolute atomic E-state index is 0.00492. The van der Waals surface area contributed by atoms with Crippen LogP contribution >= 0.6 is 0 Å². The topological polar surface area (TPSA) is 89.1 Å². The van der Waals surface area contributed by atoms with Crippen molar-refractivity contribution in [2.24, 2.45) is 17.8 Å². The molecule has 3 saturated heterocycles. The fourth-order valence-electron chi connectivity index (χ4n) is 6.38. The van der Waals surface area contributed by atoms with E-state index in [2.05, 4.69) is 36.3 Å². The largest absolute Gasteiger partial charge is 0.462 e. The van der Waals surface area contributed by atoms with E-state index < -0.39 is 0 Å². The van der Waals surface area contributed by atoms with Gasteiger partial charge < -0.3 is 24.8 Å². The number of carbonyl (C=O) groups excluding carboxylic acids is 2. The highest BCUT2D eigenvalue weighted by atomic mass is 16.6. The Balaban J connectivity index is 1.35. The highest BCUT2D eigenvalue weighted by Crippen LogP contribution is 2.49. The fourth-order valence-corrected chi connectivity index (χ4v) is 6.38. The summed E-state index contributed by atoms with van der Waals surface area (Å²) in [6, 6.07) is 0. The molecule has 8 heteroatoms. The fraction of sp³-hybridized carbons (Fsp3) is 0.920. The van der Waals surface area contributed by atoms with Crippen LogP contribution in [0.3, 0.4) is 0 Å². The summed E-state index contributed by atoms with van der Waals surface area (Å²) in [7, 11) is 0. The maximum Gasteiger partial charge on any atom is 0.306 e. The number of hydrogen-bond acceptors (Lipinski definition) is 7. The van der Waals surface area contributed by atoms with Crippen molar-refractivity contribution in [3.63, 3.8) is 0 Å². The first-order valence-electron chi connectivity index (χ1n) is 13.0. The van der Waals surface area contributed by atoms with Gasteiger partial charge in [0.1, 0.15) is 12.7 Å². The van der Waals surface area contributed by atoms with Crippen molar-refractivity contribution in [3.05, 3.63) is 0 Å². The standard InChI is InChI=1S/C25H43N3O5/c1-4-6-17-13-22(30)32-24-18-7-8-25(2,3)33-19(18)14-20(23(17)24)31-15-21(29)27-9-5-11-28-12-10-26-16-28/h17-20,23-24,26H,4-16H2,1-3H3,(H,27,29). The summed E-state index contributed by atoms with van der Waals surface area (Å²) in [5, 5.41) is 6.32. The van der Waals surface area contributed by atoms with Gasteiger partial charge in [0.15, 0.2) is 0 Å². The van der Waals surface area contributed by atoms with Crippen LogP contribution in [0.5, 0.6) is 0 Å². The Kier molecular flexibility index (Phi) is 8.31. The van der Waals surface area contributed by atoms with E-state index in [1.165, 1.54) is 0 Å². The number of ether oxygens (including phenoxy) is 3. The van der Waals surface area contributed by atoms with E-state index in [-0.39, 0.29) is 60.2 Å². The van der Waals surface area contributed by atoms with Crippen LogP contribution in [0.4, 0.5) is 0 Å². The predicted octanol–water partition coefficient (Wildman–Crippen LogP) is 2.07. The smallest absolute Gasteiger partial charge is 0.306 e. The minimum Gasteiger partial charge on any atom is -0.462 e. The Morgan fingerprint density at radius 1 is 1.36 bits per heavy atom. The van der Waals surface area contributed by atoms with Crippen LogP contribution in [0.2, 0.25) is 0 Å². The highest BCUT2D eigenvalue weighted by Gasteiger charge is 2.55. The van der Waals surface area contributed by atoms with Gasteiger partial charge in [-0.15, -0.1) is 0 Å². The molecule has 4 rings (SSSR count). The van der Waals surface area contributed by atoms with Crippen LogP contribution in [0, 0.1) is 17.8 Å². The molecular weight excluding hydrogens is 422 g/mol. The molecule has 188 valence electrons. The Morgan fingerprint density at radius 3 is 2.97 bits per heavy atom. The van der Waals surface area contributed by atoms with E-state index in [9.17, 15) is 9.59 Å². The normalized spacial score (nSPS) is 36.0. The molecule has 0 spiro atoms. The van der Waals surface area contributed by atoms with E-state index in [0.717, 1.165) is 64.8 Å². The molecule has 1 saturated carbocycles. The molecule has 3 heterocycles. The Morgan fingerprint density at radius 2 is 2.21 bits per heavy atom. The first kappa shape index (κ1) is 24.9. The van der Waals surface area contributed by atoms with Crippen LogP contribution < -0.4 is 10.6 Å². The van der Waals surface area contributed by atoms with Crippen molar-refractivity contribution >= 4 is 11.9 Å². The molecule has 1 aliphatic carbocycles. The second-order valence-corrected chi connectivity index (χ2v) is 11.0. The number of nitrogens with one attached hydrogen (secondary N) is 2. The zero-order valence-electron chi connectivity index (χ0n) is 20.6. The SMILES string of the molecule is CCCC1CC(=O)OC2C3CCC(C)(C)OC3CC(OCC(=O)NCCCN3CCNC3)C12. The average molecular weight is 466 g/mol. The highest BCUT2D eigenvalue weighted by molar-refractivity contribution is 5.77. The first-order chi connectivity index (χ1) is 15.9. The summed E-state index contributed by atoms with van der Waals surface area (Å²) < 4.78 is 18.7. The van der Waals surface area contributed by atoms with Gasteiger partial charge in [0.2, 0.25) is 5.91 Å². The van der Waals surface area contributed by atoms with Crippen molar-refractivity contribution in [2.75, 3.05) is 39.5 Å². The van der Waals surface area contributed by atoms with Crippen molar-refractivity contribution < 1.29 is 23.8 Å². The molecule has 33 heavy (non-hydrogen) atoms. The average Bonchev–Trinajstić information content (AvgIpc) is 3.27. The molecule has 1 amide bonds. The van der Waals surface area contributed by atoms with Gasteiger partial charge in [-0.05, 0) is 45.4 Å². The van der Waals surface area contributed by atoms with Crippen LogP contribution in [0.25, 0.3) is 0 Å². The number of fused-ring (bicyclic) bond motifs is 3. The zero-order chi connectivity index (χ0) is 23.4. The van der Waals surface area contributed by atoms with E-state index in [1.54, 1.807) is 0 Å². The lowest BCUT2D eigenvalue weighted by molar-refractivity contribution is -0.238. The second kappa shape index (κ2) is 11.0.